The predicted molar refractivity (Wildman–Crippen MR) is 112 cm³/mol. The fourth-order valence-corrected chi connectivity index (χ4v) is 4.03. The fraction of sp³-hybridized carbons (Fsp3) is 0.375. The van der Waals surface area contributed by atoms with Crippen molar-refractivity contribution in [3.8, 4) is 0 Å². The maximum atomic E-state index is 13.7. The number of benzene rings is 2. The van der Waals surface area contributed by atoms with E-state index in [1.165, 1.54) is 11.6 Å². The molecule has 148 valence electrons. The first-order chi connectivity index (χ1) is 13.5. The molecule has 1 aliphatic rings. The van der Waals surface area contributed by atoms with Crippen LogP contribution < -0.4 is 5.32 Å². The van der Waals surface area contributed by atoms with Gasteiger partial charge in [0.2, 0.25) is 5.91 Å². The van der Waals surface area contributed by atoms with Gasteiger partial charge in [-0.25, -0.2) is 4.39 Å². The lowest BCUT2D eigenvalue weighted by Crippen LogP contribution is -2.45. The summed E-state index contributed by atoms with van der Waals surface area (Å²) in [7, 11) is 0. The predicted octanol–water partition coefficient (Wildman–Crippen LogP) is 4.35. The van der Waals surface area contributed by atoms with Gasteiger partial charge in [0.15, 0.2) is 0 Å². The van der Waals surface area contributed by atoms with Crippen molar-refractivity contribution in [2.45, 2.75) is 32.7 Å². The second-order valence-electron chi connectivity index (χ2n) is 7.85. The minimum absolute atomic E-state index is 0.0825. The first-order valence-corrected chi connectivity index (χ1v) is 9.89. The Morgan fingerprint density at radius 3 is 2.79 bits per heavy atom. The molecule has 3 rings (SSSR count). The third-order valence-electron chi connectivity index (χ3n) is 5.49. The number of carbonyl (C=O) groups excluding carboxylic acids is 1. The SMILES string of the molecule is C=CCN1CC(C(=O)NCc2cccc(C)c2)CC(c2ccc(F)c(C)c2)C1. The average molecular weight is 381 g/mol. The molecule has 0 bridgehead atoms. The number of likely N-dealkylation sites (tertiary alicyclic amines) is 1. The van der Waals surface area contributed by atoms with Crippen molar-refractivity contribution in [1.82, 2.24) is 10.2 Å². The highest BCUT2D eigenvalue weighted by atomic mass is 19.1. The van der Waals surface area contributed by atoms with Gasteiger partial charge < -0.3 is 5.32 Å². The number of amides is 1. The molecule has 1 saturated heterocycles. The number of aryl methyl sites for hydroxylation is 2. The van der Waals surface area contributed by atoms with Crippen LogP contribution in [0.1, 0.15) is 34.6 Å². The molecule has 2 aromatic rings. The number of carbonyl (C=O) groups is 1. The largest absolute Gasteiger partial charge is 0.352 e. The Morgan fingerprint density at radius 2 is 2.07 bits per heavy atom. The summed E-state index contributed by atoms with van der Waals surface area (Å²) in [5.41, 5.74) is 4.05. The highest BCUT2D eigenvalue weighted by molar-refractivity contribution is 5.79. The van der Waals surface area contributed by atoms with Gasteiger partial charge in [-0.1, -0.05) is 48.0 Å². The van der Waals surface area contributed by atoms with Gasteiger partial charge in [0.1, 0.15) is 5.82 Å². The lowest BCUT2D eigenvalue weighted by atomic mass is 9.83. The van der Waals surface area contributed by atoms with Crippen LogP contribution >= 0.6 is 0 Å². The number of hydrogen-bond donors (Lipinski definition) is 1. The summed E-state index contributed by atoms with van der Waals surface area (Å²) in [6, 6.07) is 13.5. The van der Waals surface area contributed by atoms with Gasteiger partial charge >= 0.3 is 0 Å². The number of nitrogens with one attached hydrogen (secondary N) is 1. The van der Waals surface area contributed by atoms with Crippen LogP contribution in [-0.4, -0.2) is 30.4 Å². The summed E-state index contributed by atoms with van der Waals surface area (Å²) in [6.45, 7) is 10.6. The zero-order chi connectivity index (χ0) is 20.1. The number of piperidine rings is 1. The second kappa shape index (κ2) is 9.16. The molecule has 1 N–H and O–H groups in total. The lowest BCUT2D eigenvalue weighted by Gasteiger charge is -2.37. The van der Waals surface area contributed by atoms with E-state index in [0.29, 0.717) is 12.1 Å². The van der Waals surface area contributed by atoms with Gasteiger partial charge in [0.25, 0.3) is 0 Å². The summed E-state index contributed by atoms with van der Waals surface area (Å²) in [5.74, 6) is 0.0191. The Labute approximate surface area is 167 Å². The molecule has 1 fully saturated rings. The monoisotopic (exact) mass is 380 g/mol. The van der Waals surface area contributed by atoms with E-state index in [4.69, 9.17) is 0 Å². The van der Waals surface area contributed by atoms with Gasteiger partial charge in [0.05, 0.1) is 5.92 Å². The van der Waals surface area contributed by atoms with Crippen LogP contribution in [0.25, 0.3) is 0 Å². The Balaban J connectivity index is 1.70. The van der Waals surface area contributed by atoms with E-state index in [1.807, 2.05) is 30.3 Å². The van der Waals surface area contributed by atoms with E-state index in [1.54, 1.807) is 6.92 Å². The molecular weight excluding hydrogens is 351 g/mol. The van der Waals surface area contributed by atoms with Gasteiger partial charge in [-0.05, 0) is 48.9 Å². The number of halogens is 1. The number of rotatable bonds is 6. The van der Waals surface area contributed by atoms with Gasteiger partial charge in [-0.2, -0.15) is 0 Å². The molecule has 28 heavy (non-hydrogen) atoms. The molecule has 1 aliphatic heterocycles. The molecular formula is C24H29FN2O. The van der Waals surface area contributed by atoms with E-state index in [0.717, 1.165) is 37.2 Å². The molecule has 0 spiro atoms. The quantitative estimate of drug-likeness (QED) is 0.756. The van der Waals surface area contributed by atoms with Crippen molar-refractivity contribution in [3.63, 3.8) is 0 Å². The lowest BCUT2D eigenvalue weighted by molar-refractivity contribution is -0.127. The van der Waals surface area contributed by atoms with E-state index >= 15 is 0 Å². The Hall–Kier alpha value is -2.46. The molecule has 1 amide bonds. The van der Waals surface area contributed by atoms with Crippen LogP contribution in [0.4, 0.5) is 4.39 Å². The summed E-state index contributed by atoms with van der Waals surface area (Å²) in [5, 5.41) is 3.10. The van der Waals surface area contributed by atoms with Crippen molar-refractivity contribution in [2.24, 2.45) is 5.92 Å². The van der Waals surface area contributed by atoms with E-state index < -0.39 is 0 Å². The molecule has 2 unspecified atom stereocenters. The standard InChI is InChI=1S/C24H29FN2O/c1-4-10-27-15-21(20-8-9-23(25)18(3)12-20)13-22(16-27)24(28)26-14-19-7-5-6-17(2)11-19/h4-9,11-12,21-22H,1,10,13-16H2,2-3H3,(H,26,28). The molecule has 2 atom stereocenters. The van der Waals surface area contributed by atoms with Crippen LogP contribution in [0, 0.1) is 25.6 Å². The number of hydrogen-bond acceptors (Lipinski definition) is 2. The third kappa shape index (κ3) is 5.08. The van der Waals surface area contributed by atoms with Crippen LogP contribution in [0.5, 0.6) is 0 Å². The third-order valence-corrected chi connectivity index (χ3v) is 5.49. The van der Waals surface area contributed by atoms with Gasteiger partial charge in [-0.3, -0.25) is 9.69 Å². The van der Waals surface area contributed by atoms with Crippen LogP contribution in [0.15, 0.2) is 55.1 Å². The Bertz CT molecular complexity index is 848. The molecule has 0 aromatic heterocycles. The molecule has 1 heterocycles. The summed E-state index contributed by atoms with van der Waals surface area (Å²) < 4.78 is 13.7. The van der Waals surface area contributed by atoms with E-state index in [9.17, 15) is 9.18 Å². The van der Waals surface area contributed by atoms with Crippen LogP contribution in [0.2, 0.25) is 0 Å². The first-order valence-electron chi connectivity index (χ1n) is 9.89. The first kappa shape index (κ1) is 20.3. The highest BCUT2D eigenvalue weighted by Gasteiger charge is 2.32. The minimum atomic E-state index is -0.185. The van der Waals surface area contributed by atoms with Crippen molar-refractivity contribution in [3.05, 3.63) is 83.2 Å². The Kier molecular flexibility index (Phi) is 6.63. The average Bonchev–Trinajstić information content (AvgIpc) is 2.68. The topological polar surface area (TPSA) is 32.3 Å². The van der Waals surface area contributed by atoms with E-state index in [2.05, 4.69) is 35.9 Å². The molecule has 4 heteroatoms. The molecule has 3 nitrogen and oxygen atoms in total. The van der Waals surface area contributed by atoms with Crippen LogP contribution in [-0.2, 0) is 11.3 Å². The molecule has 0 aliphatic carbocycles. The maximum absolute atomic E-state index is 13.7. The van der Waals surface area contributed by atoms with Crippen LogP contribution in [0.3, 0.4) is 0 Å². The minimum Gasteiger partial charge on any atom is -0.352 e. The maximum Gasteiger partial charge on any atom is 0.224 e. The van der Waals surface area contributed by atoms with Gasteiger partial charge in [0, 0.05) is 26.2 Å². The summed E-state index contributed by atoms with van der Waals surface area (Å²) in [4.78, 5) is 15.1. The molecule has 2 aromatic carbocycles. The van der Waals surface area contributed by atoms with E-state index in [-0.39, 0.29) is 23.6 Å². The van der Waals surface area contributed by atoms with Gasteiger partial charge in [-0.15, -0.1) is 6.58 Å². The van der Waals surface area contributed by atoms with Crippen molar-refractivity contribution in [1.29, 1.82) is 0 Å². The summed E-state index contributed by atoms with van der Waals surface area (Å²) in [6.07, 6.45) is 2.65. The summed E-state index contributed by atoms with van der Waals surface area (Å²) >= 11 is 0. The number of nitrogens with zero attached hydrogens (tertiary/aromatic N) is 1. The molecule has 0 radical (unpaired) electrons. The van der Waals surface area contributed by atoms with Crippen molar-refractivity contribution < 1.29 is 9.18 Å². The fourth-order valence-electron chi connectivity index (χ4n) is 4.03. The normalized spacial score (nSPS) is 20.0. The zero-order valence-electron chi connectivity index (χ0n) is 16.7. The molecule has 0 saturated carbocycles. The second-order valence-corrected chi connectivity index (χ2v) is 7.85. The van der Waals surface area contributed by atoms with Crippen molar-refractivity contribution in [2.75, 3.05) is 19.6 Å². The highest BCUT2D eigenvalue weighted by Crippen LogP contribution is 2.31. The van der Waals surface area contributed by atoms with Crippen molar-refractivity contribution >= 4 is 5.91 Å². The zero-order valence-corrected chi connectivity index (χ0v) is 16.7. The Morgan fingerprint density at radius 1 is 1.25 bits per heavy atom. The smallest absolute Gasteiger partial charge is 0.224 e.